The van der Waals surface area contributed by atoms with E-state index in [-0.39, 0.29) is 5.78 Å². The highest BCUT2D eigenvalue weighted by atomic mass is 32.1. The van der Waals surface area contributed by atoms with Crippen molar-refractivity contribution in [3.63, 3.8) is 0 Å². The van der Waals surface area contributed by atoms with Crippen LogP contribution in [-0.2, 0) is 0 Å². The minimum Gasteiger partial charge on any atom is -0.497 e. The maximum atomic E-state index is 12.4. The Morgan fingerprint density at radius 3 is 2.11 bits per heavy atom. The van der Waals surface area contributed by atoms with Crippen LogP contribution >= 0.6 is 11.3 Å². The van der Waals surface area contributed by atoms with Gasteiger partial charge < -0.3 is 9.47 Å². The smallest absolute Gasteiger partial charge is 0.194 e. The first-order valence-electron chi connectivity index (χ1n) is 5.46. The van der Waals surface area contributed by atoms with Crippen molar-refractivity contribution in [2.75, 3.05) is 14.2 Å². The molecule has 0 amide bonds. The zero-order chi connectivity index (χ0) is 13.1. The molecule has 0 saturated carbocycles. The Labute approximate surface area is 110 Å². The van der Waals surface area contributed by atoms with E-state index in [1.807, 2.05) is 17.7 Å². The number of benzene rings is 1. The van der Waals surface area contributed by atoms with E-state index in [9.17, 15) is 4.79 Å². The molecule has 0 fully saturated rings. The van der Waals surface area contributed by atoms with Crippen molar-refractivity contribution >= 4 is 17.1 Å². The summed E-state index contributed by atoms with van der Waals surface area (Å²) in [5, 5.41) is 3.83. The van der Waals surface area contributed by atoms with Crippen LogP contribution in [0.4, 0.5) is 0 Å². The van der Waals surface area contributed by atoms with Crippen molar-refractivity contribution < 1.29 is 14.3 Å². The second-order valence-electron chi connectivity index (χ2n) is 3.90. The molecule has 0 unspecified atom stereocenters. The molecular formula is C14H14O3S. The van der Waals surface area contributed by atoms with Crippen LogP contribution in [0.3, 0.4) is 0 Å². The third kappa shape index (κ3) is 2.38. The largest absolute Gasteiger partial charge is 0.497 e. The van der Waals surface area contributed by atoms with E-state index in [2.05, 4.69) is 0 Å². The lowest BCUT2D eigenvalue weighted by atomic mass is 10.0. The van der Waals surface area contributed by atoms with Gasteiger partial charge in [0.25, 0.3) is 0 Å². The molecule has 0 aliphatic rings. The second-order valence-corrected chi connectivity index (χ2v) is 4.64. The number of carbonyl (C=O) groups excluding carboxylic acids is 1. The summed E-state index contributed by atoms with van der Waals surface area (Å²) in [7, 11) is 3.14. The SMILES string of the molecule is COc1cc(OC)cc(C(=O)c2cscc2C)c1. The summed E-state index contributed by atoms with van der Waals surface area (Å²) in [6.45, 7) is 1.93. The van der Waals surface area contributed by atoms with Crippen molar-refractivity contribution in [3.05, 3.63) is 45.6 Å². The number of carbonyl (C=O) groups is 1. The molecule has 0 bridgehead atoms. The number of rotatable bonds is 4. The summed E-state index contributed by atoms with van der Waals surface area (Å²) in [4.78, 5) is 12.4. The molecule has 0 atom stereocenters. The maximum absolute atomic E-state index is 12.4. The summed E-state index contributed by atoms with van der Waals surface area (Å²) in [5.41, 5.74) is 2.30. The first-order valence-corrected chi connectivity index (χ1v) is 6.40. The van der Waals surface area contributed by atoms with Gasteiger partial charge in [-0.2, -0.15) is 11.3 Å². The number of hydrogen-bond donors (Lipinski definition) is 0. The van der Waals surface area contributed by atoms with E-state index < -0.39 is 0 Å². The quantitative estimate of drug-likeness (QED) is 0.793. The molecule has 0 radical (unpaired) electrons. The molecule has 0 aliphatic heterocycles. The van der Waals surface area contributed by atoms with Gasteiger partial charge in [-0.25, -0.2) is 0 Å². The normalized spacial score (nSPS) is 10.2. The molecular weight excluding hydrogens is 248 g/mol. The molecule has 0 N–H and O–H groups in total. The Balaban J connectivity index is 2.44. The third-order valence-corrected chi connectivity index (χ3v) is 3.58. The number of ketones is 1. The Morgan fingerprint density at radius 2 is 1.67 bits per heavy atom. The Bertz CT molecular complexity index is 550. The fraction of sp³-hybridized carbons (Fsp3) is 0.214. The Hall–Kier alpha value is -1.81. The Kier molecular flexibility index (Phi) is 3.67. The fourth-order valence-electron chi connectivity index (χ4n) is 1.69. The lowest BCUT2D eigenvalue weighted by molar-refractivity contribution is 0.103. The van der Waals surface area contributed by atoms with Crippen molar-refractivity contribution in [3.8, 4) is 11.5 Å². The minimum absolute atomic E-state index is 0.00838. The number of methoxy groups -OCH3 is 2. The topological polar surface area (TPSA) is 35.5 Å². The summed E-state index contributed by atoms with van der Waals surface area (Å²) in [6.07, 6.45) is 0. The van der Waals surface area contributed by atoms with Crippen molar-refractivity contribution in [2.24, 2.45) is 0 Å². The van der Waals surface area contributed by atoms with Crippen molar-refractivity contribution in [1.29, 1.82) is 0 Å². The minimum atomic E-state index is -0.00838. The van der Waals surface area contributed by atoms with E-state index in [1.165, 1.54) is 11.3 Å². The zero-order valence-corrected chi connectivity index (χ0v) is 11.3. The van der Waals surface area contributed by atoms with Crippen LogP contribution in [0.25, 0.3) is 0 Å². The van der Waals surface area contributed by atoms with Gasteiger partial charge in [-0.3, -0.25) is 4.79 Å². The van der Waals surface area contributed by atoms with Crippen molar-refractivity contribution in [2.45, 2.75) is 6.92 Å². The number of hydrogen-bond acceptors (Lipinski definition) is 4. The van der Waals surface area contributed by atoms with Gasteiger partial charge in [0.1, 0.15) is 11.5 Å². The highest BCUT2D eigenvalue weighted by Crippen LogP contribution is 2.26. The molecule has 0 aliphatic carbocycles. The average Bonchev–Trinajstić information content (AvgIpc) is 2.83. The molecule has 3 nitrogen and oxygen atoms in total. The van der Waals surface area contributed by atoms with E-state index in [0.29, 0.717) is 17.1 Å². The van der Waals surface area contributed by atoms with Gasteiger partial charge in [-0.05, 0) is 30.0 Å². The monoisotopic (exact) mass is 262 g/mol. The number of thiophene rings is 1. The summed E-state index contributed by atoms with van der Waals surface area (Å²) >= 11 is 1.53. The molecule has 1 aromatic heterocycles. The zero-order valence-electron chi connectivity index (χ0n) is 10.5. The molecule has 0 spiro atoms. The highest BCUT2D eigenvalue weighted by Gasteiger charge is 2.14. The van der Waals surface area contributed by atoms with Crippen LogP contribution in [0.15, 0.2) is 29.0 Å². The molecule has 4 heteroatoms. The number of aryl methyl sites for hydroxylation is 1. The van der Waals surface area contributed by atoms with Gasteiger partial charge in [-0.1, -0.05) is 0 Å². The van der Waals surface area contributed by atoms with Gasteiger partial charge in [0, 0.05) is 22.6 Å². The van der Waals surface area contributed by atoms with Gasteiger partial charge >= 0.3 is 0 Å². The predicted octanol–water partition coefficient (Wildman–Crippen LogP) is 3.30. The van der Waals surface area contributed by atoms with Crippen LogP contribution < -0.4 is 9.47 Å². The third-order valence-electron chi connectivity index (χ3n) is 2.71. The second kappa shape index (κ2) is 5.23. The lowest BCUT2D eigenvalue weighted by Crippen LogP contribution is -2.02. The van der Waals surface area contributed by atoms with Crippen LogP contribution in [-0.4, -0.2) is 20.0 Å². The molecule has 94 valence electrons. The van der Waals surface area contributed by atoms with Gasteiger partial charge in [0.15, 0.2) is 5.78 Å². The first kappa shape index (κ1) is 12.6. The molecule has 2 rings (SSSR count). The number of ether oxygens (including phenoxy) is 2. The summed E-state index contributed by atoms with van der Waals surface area (Å²) in [6, 6.07) is 5.20. The van der Waals surface area contributed by atoms with Gasteiger partial charge in [0.2, 0.25) is 0 Å². The van der Waals surface area contributed by atoms with Gasteiger partial charge in [-0.15, -0.1) is 0 Å². The highest BCUT2D eigenvalue weighted by molar-refractivity contribution is 7.08. The predicted molar refractivity (Wildman–Crippen MR) is 72.0 cm³/mol. The van der Waals surface area contributed by atoms with Gasteiger partial charge in [0.05, 0.1) is 14.2 Å². The van der Waals surface area contributed by atoms with Crippen LogP contribution in [0.5, 0.6) is 11.5 Å². The van der Waals surface area contributed by atoms with E-state index in [4.69, 9.17) is 9.47 Å². The molecule has 1 heterocycles. The maximum Gasteiger partial charge on any atom is 0.194 e. The molecule has 18 heavy (non-hydrogen) atoms. The van der Waals surface area contributed by atoms with Crippen LogP contribution in [0, 0.1) is 6.92 Å². The van der Waals surface area contributed by atoms with Crippen molar-refractivity contribution in [1.82, 2.24) is 0 Å². The standard InChI is InChI=1S/C14H14O3S/c1-9-7-18-8-13(9)14(15)10-4-11(16-2)6-12(5-10)17-3/h4-8H,1-3H3. The van der Waals surface area contributed by atoms with Crippen LogP contribution in [0.2, 0.25) is 0 Å². The summed E-state index contributed by atoms with van der Waals surface area (Å²) < 4.78 is 10.3. The first-order chi connectivity index (χ1) is 8.65. The van der Waals surface area contributed by atoms with Crippen LogP contribution in [0.1, 0.15) is 21.5 Å². The molecule has 2 aromatic rings. The fourth-order valence-corrected chi connectivity index (χ4v) is 2.52. The Morgan fingerprint density at radius 1 is 1.06 bits per heavy atom. The van der Waals surface area contributed by atoms with E-state index in [1.54, 1.807) is 32.4 Å². The van der Waals surface area contributed by atoms with E-state index in [0.717, 1.165) is 11.1 Å². The molecule has 0 saturated heterocycles. The van der Waals surface area contributed by atoms with E-state index >= 15 is 0 Å². The summed E-state index contributed by atoms with van der Waals surface area (Å²) in [5.74, 6) is 1.22. The average molecular weight is 262 g/mol. The molecule has 1 aromatic carbocycles. The lowest BCUT2D eigenvalue weighted by Gasteiger charge is -2.07.